The molecular weight excluding hydrogens is 336 g/mol. The minimum Gasteiger partial charge on any atom is -0.325 e. The molecule has 0 spiro atoms. The summed E-state index contributed by atoms with van der Waals surface area (Å²) in [5.41, 5.74) is 3.48. The van der Waals surface area contributed by atoms with E-state index in [0.29, 0.717) is 10.7 Å². The Balaban J connectivity index is 2.26. The standard InChI is InChI=1S/C20H23ClN2O2/c1-13(2)18-7-5-6-14(3)20(18)23(15(4)24)12-19(25)22-17-10-8-16(21)9-11-17/h5-11,13H,12H2,1-4H3,(H,22,25). The summed E-state index contributed by atoms with van der Waals surface area (Å²) in [6.07, 6.45) is 0. The molecule has 0 fully saturated rings. The topological polar surface area (TPSA) is 49.4 Å². The third-order valence-corrected chi connectivity index (χ3v) is 4.22. The van der Waals surface area contributed by atoms with Crippen molar-refractivity contribution >= 4 is 34.8 Å². The summed E-state index contributed by atoms with van der Waals surface area (Å²) in [6, 6.07) is 12.8. The van der Waals surface area contributed by atoms with E-state index in [-0.39, 0.29) is 24.3 Å². The Morgan fingerprint density at radius 2 is 1.76 bits per heavy atom. The van der Waals surface area contributed by atoms with Gasteiger partial charge in [-0.1, -0.05) is 43.6 Å². The largest absolute Gasteiger partial charge is 0.325 e. The molecule has 0 saturated carbocycles. The third kappa shape index (κ3) is 4.83. The van der Waals surface area contributed by atoms with Crippen molar-refractivity contribution in [2.24, 2.45) is 0 Å². The highest BCUT2D eigenvalue weighted by Gasteiger charge is 2.21. The summed E-state index contributed by atoms with van der Waals surface area (Å²) in [4.78, 5) is 26.2. The van der Waals surface area contributed by atoms with Gasteiger partial charge in [-0.05, 0) is 48.2 Å². The predicted octanol–water partition coefficient (Wildman–Crippen LogP) is 4.76. The van der Waals surface area contributed by atoms with Crippen LogP contribution in [0.2, 0.25) is 5.02 Å². The molecule has 2 amide bonds. The fourth-order valence-corrected chi connectivity index (χ4v) is 2.87. The molecular formula is C20H23ClN2O2. The zero-order valence-electron chi connectivity index (χ0n) is 15.0. The Hall–Kier alpha value is -2.33. The van der Waals surface area contributed by atoms with E-state index < -0.39 is 0 Å². The molecule has 0 aliphatic rings. The van der Waals surface area contributed by atoms with E-state index in [2.05, 4.69) is 19.2 Å². The highest BCUT2D eigenvalue weighted by molar-refractivity contribution is 6.30. The first-order chi connectivity index (χ1) is 11.8. The molecule has 1 N–H and O–H groups in total. The number of carbonyl (C=O) groups is 2. The highest BCUT2D eigenvalue weighted by atomic mass is 35.5. The molecule has 0 heterocycles. The van der Waals surface area contributed by atoms with Gasteiger partial charge in [0.15, 0.2) is 0 Å². The molecule has 0 aliphatic carbocycles. The Labute approximate surface area is 153 Å². The minimum absolute atomic E-state index is 0.0392. The Bertz CT molecular complexity index is 770. The van der Waals surface area contributed by atoms with Crippen LogP contribution in [-0.4, -0.2) is 18.4 Å². The predicted molar refractivity (Wildman–Crippen MR) is 103 cm³/mol. The van der Waals surface area contributed by atoms with Crippen LogP contribution in [-0.2, 0) is 9.59 Å². The van der Waals surface area contributed by atoms with Gasteiger partial charge >= 0.3 is 0 Å². The van der Waals surface area contributed by atoms with E-state index in [0.717, 1.165) is 16.8 Å². The van der Waals surface area contributed by atoms with E-state index >= 15 is 0 Å². The zero-order chi connectivity index (χ0) is 18.6. The fraction of sp³-hybridized carbons (Fsp3) is 0.300. The Morgan fingerprint density at radius 1 is 1.12 bits per heavy atom. The lowest BCUT2D eigenvalue weighted by atomic mass is 9.97. The first-order valence-electron chi connectivity index (χ1n) is 8.22. The number of aryl methyl sites for hydroxylation is 1. The third-order valence-electron chi connectivity index (χ3n) is 3.97. The van der Waals surface area contributed by atoms with E-state index in [1.54, 1.807) is 24.3 Å². The van der Waals surface area contributed by atoms with E-state index in [4.69, 9.17) is 11.6 Å². The Morgan fingerprint density at radius 3 is 2.32 bits per heavy atom. The van der Waals surface area contributed by atoms with Gasteiger partial charge in [-0.25, -0.2) is 0 Å². The molecule has 0 aliphatic heterocycles. The Kier molecular flexibility index (Phi) is 6.21. The van der Waals surface area contributed by atoms with Crippen LogP contribution in [0.15, 0.2) is 42.5 Å². The van der Waals surface area contributed by atoms with Crippen molar-refractivity contribution in [3.8, 4) is 0 Å². The molecule has 0 atom stereocenters. The zero-order valence-corrected chi connectivity index (χ0v) is 15.7. The van der Waals surface area contributed by atoms with Gasteiger partial charge in [0.1, 0.15) is 6.54 Å². The van der Waals surface area contributed by atoms with Crippen molar-refractivity contribution in [1.29, 1.82) is 0 Å². The summed E-state index contributed by atoms with van der Waals surface area (Å²) in [5.74, 6) is -0.172. The fourth-order valence-electron chi connectivity index (χ4n) is 2.74. The maximum atomic E-state index is 12.4. The lowest BCUT2D eigenvalue weighted by Gasteiger charge is -2.27. The van der Waals surface area contributed by atoms with Crippen LogP contribution < -0.4 is 10.2 Å². The number of benzene rings is 2. The van der Waals surface area contributed by atoms with Crippen LogP contribution in [0.1, 0.15) is 37.8 Å². The first-order valence-corrected chi connectivity index (χ1v) is 8.60. The lowest BCUT2D eigenvalue weighted by molar-refractivity contribution is -0.120. The van der Waals surface area contributed by atoms with Crippen molar-refractivity contribution < 1.29 is 9.59 Å². The summed E-state index contributed by atoms with van der Waals surface area (Å²) in [6.45, 7) is 7.54. The second kappa shape index (κ2) is 8.17. The van der Waals surface area contributed by atoms with Gasteiger partial charge in [-0.3, -0.25) is 9.59 Å². The SMILES string of the molecule is CC(=O)N(CC(=O)Nc1ccc(Cl)cc1)c1c(C)cccc1C(C)C. The van der Waals surface area contributed by atoms with Gasteiger partial charge in [0.25, 0.3) is 0 Å². The van der Waals surface area contributed by atoms with Crippen LogP contribution in [0, 0.1) is 6.92 Å². The second-order valence-electron chi connectivity index (χ2n) is 6.33. The van der Waals surface area contributed by atoms with Crippen molar-refractivity contribution in [3.05, 3.63) is 58.6 Å². The molecule has 5 heteroatoms. The van der Waals surface area contributed by atoms with Crippen LogP contribution in [0.5, 0.6) is 0 Å². The van der Waals surface area contributed by atoms with Crippen molar-refractivity contribution in [2.45, 2.75) is 33.6 Å². The summed E-state index contributed by atoms with van der Waals surface area (Å²) >= 11 is 5.85. The van der Waals surface area contributed by atoms with Gasteiger partial charge in [-0.2, -0.15) is 0 Å². The summed E-state index contributed by atoms with van der Waals surface area (Å²) in [7, 11) is 0. The molecule has 4 nitrogen and oxygen atoms in total. The number of hydrogen-bond donors (Lipinski definition) is 1. The second-order valence-corrected chi connectivity index (χ2v) is 6.76. The molecule has 132 valence electrons. The monoisotopic (exact) mass is 358 g/mol. The molecule has 0 unspecified atom stereocenters. The average molecular weight is 359 g/mol. The first kappa shape index (κ1) is 19.0. The molecule has 0 radical (unpaired) electrons. The van der Waals surface area contributed by atoms with Crippen LogP contribution in [0.4, 0.5) is 11.4 Å². The summed E-state index contributed by atoms with van der Waals surface area (Å²) < 4.78 is 0. The number of rotatable bonds is 5. The van der Waals surface area contributed by atoms with Crippen molar-refractivity contribution in [1.82, 2.24) is 0 Å². The minimum atomic E-state index is -0.254. The molecule has 0 bridgehead atoms. The maximum absolute atomic E-state index is 12.4. The van der Waals surface area contributed by atoms with Gasteiger partial charge in [0.2, 0.25) is 11.8 Å². The van der Waals surface area contributed by atoms with Crippen molar-refractivity contribution in [2.75, 3.05) is 16.8 Å². The number of hydrogen-bond acceptors (Lipinski definition) is 2. The number of nitrogens with one attached hydrogen (secondary N) is 1. The van der Waals surface area contributed by atoms with E-state index in [9.17, 15) is 9.59 Å². The van der Waals surface area contributed by atoms with E-state index in [1.165, 1.54) is 11.8 Å². The molecule has 2 rings (SSSR count). The van der Waals surface area contributed by atoms with Crippen LogP contribution in [0.25, 0.3) is 0 Å². The maximum Gasteiger partial charge on any atom is 0.244 e. The van der Waals surface area contributed by atoms with Crippen LogP contribution >= 0.6 is 11.6 Å². The number of carbonyl (C=O) groups excluding carboxylic acids is 2. The van der Waals surface area contributed by atoms with Crippen LogP contribution in [0.3, 0.4) is 0 Å². The number of amides is 2. The highest BCUT2D eigenvalue weighted by Crippen LogP contribution is 2.31. The molecule has 2 aromatic rings. The molecule has 0 saturated heterocycles. The molecule has 25 heavy (non-hydrogen) atoms. The number of halogens is 1. The number of para-hydroxylation sites is 1. The van der Waals surface area contributed by atoms with Gasteiger partial charge in [0, 0.05) is 17.6 Å². The number of nitrogens with zero attached hydrogens (tertiary/aromatic N) is 1. The lowest BCUT2D eigenvalue weighted by Crippen LogP contribution is -2.37. The number of anilines is 2. The summed E-state index contributed by atoms with van der Waals surface area (Å²) in [5, 5.41) is 3.40. The smallest absolute Gasteiger partial charge is 0.244 e. The average Bonchev–Trinajstić information content (AvgIpc) is 2.54. The quantitative estimate of drug-likeness (QED) is 0.837. The molecule has 0 aromatic heterocycles. The molecule has 2 aromatic carbocycles. The van der Waals surface area contributed by atoms with Gasteiger partial charge in [0.05, 0.1) is 5.69 Å². The van der Waals surface area contributed by atoms with E-state index in [1.807, 2.05) is 25.1 Å². The van der Waals surface area contributed by atoms with Crippen molar-refractivity contribution in [3.63, 3.8) is 0 Å². The normalized spacial score (nSPS) is 10.6. The van der Waals surface area contributed by atoms with Gasteiger partial charge < -0.3 is 10.2 Å². The van der Waals surface area contributed by atoms with Gasteiger partial charge in [-0.15, -0.1) is 0 Å².